The van der Waals surface area contributed by atoms with E-state index in [1.165, 1.54) is 23.6 Å². The first-order valence-electron chi connectivity index (χ1n) is 7.46. The smallest absolute Gasteiger partial charge is 0.127 e. The molecule has 2 nitrogen and oxygen atoms in total. The molecule has 2 aromatic carbocycles. The predicted octanol–water partition coefficient (Wildman–Crippen LogP) is 4.76. The number of fused-ring (bicyclic) bond motifs is 1. The second kappa shape index (κ2) is 8.36. The van der Waals surface area contributed by atoms with Gasteiger partial charge in [0.2, 0.25) is 0 Å². The number of carbonyl (C=O) groups is 1. The Kier molecular flexibility index (Phi) is 6.09. The average Bonchev–Trinajstić information content (AvgIpc) is 2.50. The van der Waals surface area contributed by atoms with Crippen LogP contribution < -0.4 is 4.74 Å². The molecule has 2 rings (SSSR count). The molecular formula is C18H22O2. The molecule has 106 valence electrons. The maximum Gasteiger partial charge on any atom is 0.127 e. The zero-order valence-corrected chi connectivity index (χ0v) is 11.9. The number of ether oxygens (including phenoxy) is 1. The largest absolute Gasteiger partial charge is 0.493 e. The van der Waals surface area contributed by atoms with E-state index in [0.717, 1.165) is 37.9 Å². The van der Waals surface area contributed by atoms with Crippen LogP contribution in [0.1, 0.15) is 38.5 Å². The first-order valence-corrected chi connectivity index (χ1v) is 7.46. The van der Waals surface area contributed by atoms with Crippen LogP contribution in [0.15, 0.2) is 42.5 Å². The molecule has 0 N–H and O–H groups in total. The van der Waals surface area contributed by atoms with Gasteiger partial charge in [0, 0.05) is 11.8 Å². The van der Waals surface area contributed by atoms with Gasteiger partial charge in [0.15, 0.2) is 0 Å². The van der Waals surface area contributed by atoms with Gasteiger partial charge in [0.25, 0.3) is 0 Å². The fourth-order valence-corrected chi connectivity index (χ4v) is 2.36. The van der Waals surface area contributed by atoms with Crippen LogP contribution in [0.2, 0.25) is 0 Å². The first kappa shape index (κ1) is 14.6. The predicted molar refractivity (Wildman–Crippen MR) is 83.2 cm³/mol. The van der Waals surface area contributed by atoms with Gasteiger partial charge in [-0.2, -0.15) is 0 Å². The Balaban J connectivity index is 1.72. The highest BCUT2D eigenvalue weighted by Gasteiger charge is 2.00. The number of hydrogen-bond acceptors (Lipinski definition) is 2. The monoisotopic (exact) mass is 270 g/mol. The van der Waals surface area contributed by atoms with E-state index in [0.29, 0.717) is 6.42 Å². The van der Waals surface area contributed by atoms with Gasteiger partial charge < -0.3 is 9.53 Å². The Bertz CT molecular complexity index is 528. The van der Waals surface area contributed by atoms with Crippen molar-refractivity contribution in [1.29, 1.82) is 0 Å². The highest BCUT2D eigenvalue weighted by atomic mass is 16.5. The van der Waals surface area contributed by atoms with Gasteiger partial charge in [-0.15, -0.1) is 0 Å². The van der Waals surface area contributed by atoms with Gasteiger partial charge in [0.1, 0.15) is 12.0 Å². The number of benzene rings is 2. The van der Waals surface area contributed by atoms with Crippen LogP contribution in [0.25, 0.3) is 10.8 Å². The fourth-order valence-electron chi connectivity index (χ4n) is 2.36. The summed E-state index contributed by atoms with van der Waals surface area (Å²) < 4.78 is 5.89. The summed E-state index contributed by atoms with van der Waals surface area (Å²) in [5.41, 5.74) is 0. The second-order valence-corrected chi connectivity index (χ2v) is 5.05. The van der Waals surface area contributed by atoms with E-state index in [9.17, 15) is 4.79 Å². The molecule has 2 heteroatoms. The van der Waals surface area contributed by atoms with Crippen molar-refractivity contribution in [3.63, 3.8) is 0 Å². The Morgan fingerprint density at radius 2 is 1.60 bits per heavy atom. The molecule has 0 saturated heterocycles. The van der Waals surface area contributed by atoms with Crippen LogP contribution in [-0.2, 0) is 4.79 Å². The molecule has 0 heterocycles. The quantitative estimate of drug-likeness (QED) is 0.485. The molecule has 0 amide bonds. The van der Waals surface area contributed by atoms with Crippen LogP contribution in [0.5, 0.6) is 5.75 Å². The number of unbranched alkanes of at least 4 members (excludes halogenated alkanes) is 5. The van der Waals surface area contributed by atoms with E-state index >= 15 is 0 Å². The Morgan fingerprint density at radius 1 is 0.850 bits per heavy atom. The lowest BCUT2D eigenvalue weighted by molar-refractivity contribution is -0.107. The lowest BCUT2D eigenvalue weighted by Gasteiger charge is -2.09. The van der Waals surface area contributed by atoms with Crippen LogP contribution in [0.4, 0.5) is 0 Å². The van der Waals surface area contributed by atoms with E-state index in [-0.39, 0.29) is 0 Å². The molecule has 0 aromatic heterocycles. The molecule has 0 aliphatic carbocycles. The Hall–Kier alpha value is -1.83. The third-order valence-electron chi connectivity index (χ3n) is 3.47. The van der Waals surface area contributed by atoms with E-state index in [1.807, 2.05) is 24.3 Å². The number of aldehydes is 1. The lowest BCUT2D eigenvalue weighted by atomic mass is 10.1. The Morgan fingerprint density at radius 3 is 2.50 bits per heavy atom. The van der Waals surface area contributed by atoms with Crippen molar-refractivity contribution < 1.29 is 9.53 Å². The van der Waals surface area contributed by atoms with Crippen LogP contribution in [0.3, 0.4) is 0 Å². The number of rotatable bonds is 9. The molecule has 0 radical (unpaired) electrons. The molecule has 0 atom stereocenters. The highest BCUT2D eigenvalue weighted by Crippen LogP contribution is 2.25. The standard InChI is InChI=1S/C18H22O2/c19-14-7-3-1-2-4-8-15-20-18-13-9-11-16-10-5-6-12-17(16)18/h5-6,9-14H,1-4,7-8,15H2. The zero-order chi connectivity index (χ0) is 14.0. The molecule has 0 saturated carbocycles. The molecule has 0 fully saturated rings. The van der Waals surface area contributed by atoms with Gasteiger partial charge >= 0.3 is 0 Å². The summed E-state index contributed by atoms with van der Waals surface area (Å²) in [7, 11) is 0. The SMILES string of the molecule is O=CCCCCCCCOc1cccc2ccccc12. The summed E-state index contributed by atoms with van der Waals surface area (Å²) in [5.74, 6) is 0.976. The summed E-state index contributed by atoms with van der Waals surface area (Å²) in [6.45, 7) is 0.766. The molecule has 0 aliphatic rings. The van der Waals surface area contributed by atoms with Gasteiger partial charge in [-0.25, -0.2) is 0 Å². The van der Waals surface area contributed by atoms with Gasteiger partial charge in [-0.1, -0.05) is 55.7 Å². The van der Waals surface area contributed by atoms with Crippen molar-refractivity contribution in [3.8, 4) is 5.75 Å². The van der Waals surface area contributed by atoms with Crippen molar-refractivity contribution in [1.82, 2.24) is 0 Å². The van der Waals surface area contributed by atoms with E-state index in [1.54, 1.807) is 0 Å². The van der Waals surface area contributed by atoms with Crippen molar-refractivity contribution in [2.75, 3.05) is 6.61 Å². The minimum absolute atomic E-state index is 0.701. The second-order valence-electron chi connectivity index (χ2n) is 5.05. The van der Waals surface area contributed by atoms with E-state index in [2.05, 4.69) is 18.2 Å². The molecule has 20 heavy (non-hydrogen) atoms. The van der Waals surface area contributed by atoms with Crippen molar-refractivity contribution in [3.05, 3.63) is 42.5 Å². The van der Waals surface area contributed by atoms with Gasteiger partial charge in [0.05, 0.1) is 6.61 Å². The summed E-state index contributed by atoms with van der Waals surface area (Å²) in [6.07, 6.45) is 7.30. The number of carbonyl (C=O) groups excluding carboxylic acids is 1. The third-order valence-corrected chi connectivity index (χ3v) is 3.47. The summed E-state index contributed by atoms with van der Waals surface area (Å²) in [6, 6.07) is 14.5. The van der Waals surface area contributed by atoms with Crippen LogP contribution >= 0.6 is 0 Å². The molecule has 0 aliphatic heterocycles. The van der Waals surface area contributed by atoms with Gasteiger partial charge in [-0.3, -0.25) is 0 Å². The number of hydrogen-bond donors (Lipinski definition) is 0. The van der Waals surface area contributed by atoms with Crippen molar-refractivity contribution in [2.45, 2.75) is 38.5 Å². The first-order chi connectivity index (χ1) is 9.92. The average molecular weight is 270 g/mol. The summed E-state index contributed by atoms with van der Waals surface area (Å²) in [4.78, 5) is 10.2. The topological polar surface area (TPSA) is 26.3 Å². The molecule has 0 bridgehead atoms. The van der Waals surface area contributed by atoms with Crippen LogP contribution in [0, 0.1) is 0 Å². The van der Waals surface area contributed by atoms with Crippen LogP contribution in [-0.4, -0.2) is 12.9 Å². The maximum atomic E-state index is 10.2. The maximum absolute atomic E-state index is 10.2. The van der Waals surface area contributed by atoms with Crippen molar-refractivity contribution >= 4 is 17.1 Å². The minimum atomic E-state index is 0.701. The van der Waals surface area contributed by atoms with Gasteiger partial charge in [-0.05, 0) is 24.3 Å². The zero-order valence-electron chi connectivity index (χ0n) is 11.9. The highest BCUT2D eigenvalue weighted by molar-refractivity contribution is 5.88. The van der Waals surface area contributed by atoms with E-state index < -0.39 is 0 Å². The molecule has 0 unspecified atom stereocenters. The molecule has 0 spiro atoms. The lowest BCUT2D eigenvalue weighted by Crippen LogP contribution is -1.97. The molecule has 2 aromatic rings. The normalized spacial score (nSPS) is 10.6. The molecular weight excluding hydrogens is 248 g/mol. The van der Waals surface area contributed by atoms with E-state index in [4.69, 9.17) is 4.74 Å². The third kappa shape index (κ3) is 4.37. The minimum Gasteiger partial charge on any atom is -0.493 e. The Labute approximate surface area is 120 Å². The summed E-state index contributed by atoms with van der Waals surface area (Å²) >= 11 is 0. The van der Waals surface area contributed by atoms with Crippen molar-refractivity contribution in [2.24, 2.45) is 0 Å². The fraction of sp³-hybridized carbons (Fsp3) is 0.389. The summed E-state index contributed by atoms with van der Waals surface area (Å²) in [5, 5.41) is 2.40.